The summed E-state index contributed by atoms with van der Waals surface area (Å²) in [6.45, 7) is 3.26. The predicted octanol–water partition coefficient (Wildman–Crippen LogP) is 4.83. The van der Waals surface area contributed by atoms with Crippen LogP contribution in [0.3, 0.4) is 0 Å². The van der Waals surface area contributed by atoms with Crippen LogP contribution in [0.2, 0.25) is 4.34 Å². The molecule has 7 heteroatoms. The number of aryl methyl sites for hydroxylation is 1. The lowest BCUT2D eigenvalue weighted by Crippen LogP contribution is -2.22. The molecule has 4 nitrogen and oxygen atoms in total. The molecule has 2 heterocycles. The molecule has 136 valence electrons. The first-order chi connectivity index (χ1) is 12.4. The molecule has 2 aromatic heterocycles. The zero-order valence-corrected chi connectivity index (χ0v) is 17.3. The number of nitrogens with one attached hydrogen (secondary N) is 1. The number of carbonyl (C=O) groups excluding carboxylic acids is 1. The Balaban J connectivity index is 1.64. The molecule has 0 aliphatic rings. The fourth-order valence-corrected chi connectivity index (χ4v) is 4.61. The molecule has 3 rings (SSSR count). The van der Waals surface area contributed by atoms with Crippen molar-refractivity contribution in [1.29, 1.82) is 0 Å². The molecule has 0 spiro atoms. The normalized spacial score (nSPS) is 11.1. The maximum Gasteiger partial charge on any atom is 0.263 e. The summed E-state index contributed by atoms with van der Waals surface area (Å²) in [6, 6.07) is 12.1. The first kappa shape index (κ1) is 19.0. The Morgan fingerprint density at radius 2 is 1.81 bits per heavy atom. The summed E-state index contributed by atoms with van der Waals surface area (Å²) in [7, 11) is 4.09. The molecule has 26 heavy (non-hydrogen) atoms. The maximum absolute atomic E-state index is 12.5. The number of aromatic nitrogens is 1. The SMILES string of the molecule is Cc1nc(-c2ccc(Cl)s2)sc1C(=O)NCc1ccc(CN(C)C)cc1. The monoisotopic (exact) mass is 405 g/mol. The first-order valence-electron chi connectivity index (χ1n) is 8.16. The van der Waals surface area contributed by atoms with Crippen LogP contribution in [0, 0.1) is 6.92 Å². The minimum Gasteiger partial charge on any atom is -0.347 e. The molecule has 1 aromatic carbocycles. The number of halogens is 1. The number of amides is 1. The largest absolute Gasteiger partial charge is 0.347 e. The molecule has 3 aromatic rings. The number of rotatable bonds is 6. The van der Waals surface area contributed by atoms with Crippen molar-refractivity contribution in [2.24, 2.45) is 0 Å². The van der Waals surface area contributed by atoms with Gasteiger partial charge < -0.3 is 10.2 Å². The predicted molar refractivity (Wildman–Crippen MR) is 110 cm³/mol. The Hall–Kier alpha value is -1.73. The van der Waals surface area contributed by atoms with Crippen molar-refractivity contribution in [3.8, 4) is 9.88 Å². The fraction of sp³-hybridized carbons (Fsp3) is 0.263. The number of carbonyl (C=O) groups is 1. The third kappa shape index (κ3) is 4.71. The van der Waals surface area contributed by atoms with Gasteiger partial charge >= 0.3 is 0 Å². The summed E-state index contributed by atoms with van der Waals surface area (Å²) in [5.74, 6) is -0.0914. The van der Waals surface area contributed by atoms with Crippen LogP contribution in [0.25, 0.3) is 9.88 Å². The topological polar surface area (TPSA) is 45.2 Å². The molecule has 0 aliphatic carbocycles. The second kappa shape index (κ2) is 8.31. The Morgan fingerprint density at radius 1 is 1.12 bits per heavy atom. The van der Waals surface area contributed by atoms with Gasteiger partial charge in [-0.3, -0.25) is 4.79 Å². The summed E-state index contributed by atoms with van der Waals surface area (Å²) in [5, 5.41) is 3.82. The summed E-state index contributed by atoms with van der Waals surface area (Å²) >= 11 is 8.86. The molecule has 0 unspecified atom stereocenters. The third-order valence-electron chi connectivity index (χ3n) is 3.76. The van der Waals surface area contributed by atoms with Crippen molar-refractivity contribution in [3.63, 3.8) is 0 Å². The third-order valence-corrected chi connectivity index (χ3v) is 6.32. The molecule has 0 saturated carbocycles. The van der Waals surface area contributed by atoms with Crippen LogP contribution in [0.4, 0.5) is 0 Å². The molecule has 0 bridgehead atoms. The van der Waals surface area contributed by atoms with E-state index in [1.807, 2.05) is 33.2 Å². The van der Waals surface area contributed by atoms with Gasteiger partial charge in [0, 0.05) is 13.1 Å². The summed E-state index contributed by atoms with van der Waals surface area (Å²) in [5.41, 5.74) is 3.07. The summed E-state index contributed by atoms with van der Waals surface area (Å²) < 4.78 is 0.719. The summed E-state index contributed by atoms with van der Waals surface area (Å²) in [6.07, 6.45) is 0. The number of hydrogen-bond acceptors (Lipinski definition) is 5. The molecular formula is C19H20ClN3OS2. The van der Waals surface area contributed by atoms with Crippen molar-refractivity contribution in [3.05, 3.63) is 62.4 Å². The molecule has 0 radical (unpaired) electrons. The van der Waals surface area contributed by atoms with E-state index in [1.54, 1.807) is 0 Å². The van der Waals surface area contributed by atoms with E-state index < -0.39 is 0 Å². The Kier molecular flexibility index (Phi) is 6.09. The highest BCUT2D eigenvalue weighted by Crippen LogP contribution is 2.34. The fourth-order valence-electron chi connectivity index (χ4n) is 2.53. The van der Waals surface area contributed by atoms with Crippen LogP contribution in [0.5, 0.6) is 0 Å². The zero-order chi connectivity index (χ0) is 18.7. The quantitative estimate of drug-likeness (QED) is 0.639. The van der Waals surface area contributed by atoms with Crippen LogP contribution >= 0.6 is 34.3 Å². The van der Waals surface area contributed by atoms with Crippen molar-refractivity contribution in [2.45, 2.75) is 20.0 Å². The van der Waals surface area contributed by atoms with Gasteiger partial charge in [-0.25, -0.2) is 4.98 Å². The minimum atomic E-state index is -0.0914. The zero-order valence-electron chi connectivity index (χ0n) is 14.9. The van der Waals surface area contributed by atoms with Crippen LogP contribution < -0.4 is 5.32 Å². The van der Waals surface area contributed by atoms with Gasteiger partial charge in [0.1, 0.15) is 9.88 Å². The van der Waals surface area contributed by atoms with Crippen LogP contribution in [0.15, 0.2) is 36.4 Å². The van der Waals surface area contributed by atoms with E-state index in [4.69, 9.17) is 11.6 Å². The minimum absolute atomic E-state index is 0.0914. The average molecular weight is 406 g/mol. The lowest BCUT2D eigenvalue weighted by atomic mass is 10.1. The van der Waals surface area contributed by atoms with Crippen molar-refractivity contribution < 1.29 is 4.79 Å². The van der Waals surface area contributed by atoms with E-state index in [2.05, 4.69) is 39.5 Å². The maximum atomic E-state index is 12.5. The van der Waals surface area contributed by atoms with Gasteiger partial charge in [-0.05, 0) is 44.3 Å². The molecular weight excluding hydrogens is 386 g/mol. The van der Waals surface area contributed by atoms with Crippen molar-refractivity contribution in [2.75, 3.05) is 14.1 Å². The first-order valence-corrected chi connectivity index (χ1v) is 10.2. The van der Waals surface area contributed by atoms with Gasteiger partial charge in [-0.15, -0.1) is 22.7 Å². The van der Waals surface area contributed by atoms with Gasteiger partial charge in [0.2, 0.25) is 0 Å². The van der Waals surface area contributed by atoms with Gasteiger partial charge in [0.25, 0.3) is 5.91 Å². The van der Waals surface area contributed by atoms with E-state index in [9.17, 15) is 4.79 Å². The Bertz CT molecular complexity index is 900. The molecule has 1 N–H and O–H groups in total. The van der Waals surface area contributed by atoms with Gasteiger partial charge in [0.05, 0.1) is 14.9 Å². The van der Waals surface area contributed by atoms with E-state index in [0.29, 0.717) is 11.4 Å². The highest BCUT2D eigenvalue weighted by molar-refractivity contribution is 7.24. The molecule has 0 aliphatic heterocycles. The molecule has 0 atom stereocenters. The van der Waals surface area contributed by atoms with Crippen LogP contribution in [-0.2, 0) is 13.1 Å². The van der Waals surface area contributed by atoms with Gasteiger partial charge in [-0.2, -0.15) is 0 Å². The van der Waals surface area contributed by atoms with Crippen molar-refractivity contribution >= 4 is 40.2 Å². The van der Waals surface area contributed by atoms with E-state index in [1.165, 1.54) is 28.2 Å². The second-order valence-electron chi connectivity index (χ2n) is 6.27. The Labute approximate surface area is 166 Å². The molecule has 1 amide bonds. The number of thiophene rings is 1. The van der Waals surface area contributed by atoms with Crippen molar-refractivity contribution in [1.82, 2.24) is 15.2 Å². The standard InChI is InChI=1S/C19H20ClN3OS2/c1-12-17(26-19(22-12)15-8-9-16(20)25-15)18(24)21-10-13-4-6-14(7-5-13)11-23(2)3/h4-9H,10-11H2,1-3H3,(H,21,24). The lowest BCUT2D eigenvalue weighted by Gasteiger charge is -2.10. The summed E-state index contributed by atoms with van der Waals surface area (Å²) in [4.78, 5) is 20.8. The number of thiazole rings is 1. The highest BCUT2D eigenvalue weighted by atomic mass is 35.5. The lowest BCUT2D eigenvalue weighted by molar-refractivity contribution is 0.0954. The van der Waals surface area contributed by atoms with Gasteiger partial charge in [0.15, 0.2) is 0 Å². The average Bonchev–Trinajstić information content (AvgIpc) is 3.19. The Morgan fingerprint density at radius 3 is 2.42 bits per heavy atom. The number of hydrogen-bond donors (Lipinski definition) is 1. The van der Waals surface area contributed by atoms with E-state index in [-0.39, 0.29) is 5.91 Å². The van der Waals surface area contributed by atoms with Crippen LogP contribution in [-0.4, -0.2) is 29.9 Å². The number of benzene rings is 1. The molecule has 0 fully saturated rings. The molecule has 0 saturated heterocycles. The van der Waals surface area contributed by atoms with E-state index >= 15 is 0 Å². The van der Waals surface area contributed by atoms with Gasteiger partial charge in [-0.1, -0.05) is 35.9 Å². The van der Waals surface area contributed by atoms with E-state index in [0.717, 1.165) is 32.0 Å². The van der Waals surface area contributed by atoms with Crippen LogP contribution in [0.1, 0.15) is 26.5 Å². The second-order valence-corrected chi connectivity index (χ2v) is 8.99. The smallest absolute Gasteiger partial charge is 0.263 e. The highest BCUT2D eigenvalue weighted by Gasteiger charge is 2.17. The number of nitrogens with zero attached hydrogens (tertiary/aromatic N) is 2.